The number of hydrogen-bond donors (Lipinski definition) is 1. The second kappa shape index (κ2) is 6.82. The molecule has 1 saturated carbocycles. The van der Waals surface area contributed by atoms with Crippen molar-refractivity contribution in [3.05, 3.63) is 35.7 Å². The van der Waals surface area contributed by atoms with Crippen LogP contribution in [0.15, 0.2) is 28.8 Å². The van der Waals surface area contributed by atoms with E-state index in [1.165, 1.54) is 18.4 Å². The second-order valence-electron chi connectivity index (χ2n) is 7.23. The Morgan fingerprint density at radius 1 is 1.29 bits per heavy atom. The number of fused-ring (bicyclic) bond motifs is 1. The molecule has 6 heteroatoms. The fourth-order valence-corrected chi connectivity index (χ4v) is 4.17. The summed E-state index contributed by atoms with van der Waals surface area (Å²) in [6, 6.07) is 8.45. The normalized spacial score (nSPS) is 25.7. The average Bonchev–Trinajstić information content (AvgIpc) is 3.22. The van der Waals surface area contributed by atoms with Gasteiger partial charge < -0.3 is 14.7 Å². The molecule has 0 bridgehead atoms. The van der Waals surface area contributed by atoms with Crippen molar-refractivity contribution < 1.29 is 4.52 Å². The van der Waals surface area contributed by atoms with E-state index in [9.17, 15) is 0 Å². The number of aromatic nitrogens is 2. The van der Waals surface area contributed by atoms with Crippen LogP contribution in [0.25, 0.3) is 11.4 Å². The van der Waals surface area contributed by atoms with E-state index in [0.29, 0.717) is 11.7 Å². The van der Waals surface area contributed by atoms with Gasteiger partial charge in [-0.3, -0.25) is 0 Å². The van der Waals surface area contributed by atoms with E-state index in [2.05, 4.69) is 53.7 Å². The van der Waals surface area contributed by atoms with Gasteiger partial charge in [0.05, 0.1) is 5.41 Å². The number of nitrogens with one attached hydrogen (secondary N) is 1. The first kappa shape index (κ1) is 17.4. The first-order valence-electron chi connectivity index (χ1n) is 8.46. The van der Waals surface area contributed by atoms with E-state index in [1.807, 2.05) is 0 Å². The minimum atomic E-state index is 0. The maximum absolute atomic E-state index is 5.69. The molecule has 1 aromatic heterocycles. The lowest BCUT2D eigenvalue weighted by Crippen LogP contribution is -2.31. The van der Waals surface area contributed by atoms with Crippen LogP contribution in [0.1, 0.15) is 30.7 Å². The summed E-state index contributed by atoms with van der Waals surface area (Å²) in [5.74, 6) is 2.19. The molecule has 4 rings (SSSR count). The summed E-state index contributed by atoms with van der Waals surface area (Å²) in [4.78, 5) is 6.92. The molecule has 1 N–H and O–H groups in total. The van der Waals surface area contributed by atoms with Gasteiger partial charge >= 0.3 is 0 Å². The van der Waals surface area contributed by atoms with Crippen LogP contribution in [-0.2, 0) is 12.0 Å². The monoisotopic (exact) mass is 348 g/mol. The van der Waals surface area contributed by atoms with E-state index < -0.39 is 0 Å². The van der Waals surface area contributed by atoms with Crippen molar-refractivity contribution in [3.63, 3.8) is 0 Å². The van der Waals surface area contributed by atoms with Crippen LogP contribution in [0.3, 0.4) is 0 Å². The summed E-state index contributed by atoms with van der Waals surface area (Å²) in [5.41, 5.74) is 2.40. The Morgan fingerprint density at radius 2 is 2.08 bits per heavy atom. The molecule has 1 saturated heterocycles. The Kier molecular flexibility index (Phi) is 4.95. The maximum atomic E-state index is 5.69. The van der Waals surface area contributed by atoms with Crippen LogP contribution in [0.2, 0.25) is 0 Å². The SMILES string of the molecule is CN(C)Cc1ccc(-c2noc([C@@]34CCC[C@@H]3CNC4)n2)cc1.Cl. The predicted molar refractivity (Wildman–Crippen MR) is 96.3 cm³/mol. The van der Waals surface area contributed by atoms with Gasteiger partial charge in [-0.1, -0.05) is 35.8 Å². The third kappa shape index (κ3) is 2.96. The van der Waals surface area contributed by atoms with Crippen molar-refractivity contribution in [1.82, 2.24) is 20.4 Å². The van der Waals surface area contributed by atoms with Gasteiger partial charge in [0.25, 0.3) is 0 Å². The van der Waals surface area contributed by atoms with Gasteiger partial charge in [-0.25, -0.2) is 0 Å². The van der Waals surface area contributed by atoms with Crippen molar-refractivity contribution in [2.24, 2.45) is 5.92 Å². The summed E-state index contributed by atoms with van der Waals surface area (Å²) < 4.78 is 5.69. The predicted octanol–water partition coefficient (Wildman–Crippen LogP) is 2.86. The Morgan fingerprint density at radius 3 is 2.83 bits per heavy atom. The lowest BCUT2D eigenvalue weighted by Gasteiger charge is -2.22. The highest BCUT2D eigenvalue weighted by Gasteiger charge is 2.51. The van der Waals surface area contributed by atoms with E-state index in [1.54, 1.807) is 0 Å². The van der Waals surface area contributed by atoms with Crippen molar-refractivity contribution >= 4 is 12.4 Å². The molecule has 24 heavy (non-hydrogen) atoms. The highest BCUT2D eigenvalue weighted by Crippen LogP contribution is 2.47. The van der Waals surface area contributed by atoms with Crippen molar-refractivity contribution in [2.45, 2.75) is 31.2 Å². The third-order valence-corrected chi connectivity index (χ3v) is 5.35. The second-order valence-corrected chi connectivity index (χ2v) is 7.23. The van der Waals surface area contributed by atoms with Gasteiger partial charge in [0.1, 0.15) is 0 Å². The summed E-state index contributed by atoms with van der Waals surface area (Å²) in [6.07, 6.45) is 3.70. The van der Waals surface area contributed by atoms with Gasteiger partial charge in [0.15, 0.2) is 0 Å². The summed E-state index contributed by atoms with van der Waals surface area (Å²) in [6.45, 7) is 2.99. The van der Waals surface area contributed by atoms with Crippen LogP contribution in [0.4, 0.5) is 0 Å². The molecule has 1 aromatic carbocycles. The molecule has 0 radical (unpaired) electrons. The first-order valence-corrected chi connectivity index (χ1v) is 8.46. The lowest BCUT2D eigenvalue weighted by atomic mass is 9.80. The molecule has 0 unspecified atom stereocenters. The Balaban J connectivity index is 0.00000169. The molecule has 5 nitrogen and oxygen atoms in total. The van der Waals surface area contributed by atoms with Gasteiger partial charge in [0.2, 0.25) is 11.7 Å². The maximum Gasteiger partial charge on any atom is 0.234 e. The van der Waals surface area contributed by atoms with Crippen LogP contribution in [0.5, 0.6) is 0 Å². The first-order chi connectivity index (χ1) is 11.2. The van der Waals surface area contributed by atoms with Gasteiger partial charge in [-0.05, 0) is 45.0 Å². The molecule has 2 fully saturated rings. The molecule has 1 aliphatic carbocycles. The minimum Gasteiger partial charge on any atom is -0.338 e. The zero-order chi connectivity index (χ0) is 15.9. The standard InChI is InChI=1S/C18H24N4O.ClH/c1-22(2)11-13-5-7-14(8-6-13)16-20-17(23-21-16)18-9-3-4-15(18)10-19-12-18;/h5-8,15,19H,3-4,9-12H2,1-2H3;1H/t15-,18-;/m1./s1. The number of nitrogens with zero attached hydrogens (tertiary/aromatic N) is 3. The number of halogens is 1. The van der Waals surface area contributed by atoms with Gasteiger partial charge in [0, 0.05) is 18.7 Å². The topological polar surface area (TPSA) is 54.2 Å². The van der Waals surface area contributed by atoms with E-state index in [-0.39, 0.29) is 17.8 Å². The van der Waals surface area contributed by atoms with Crippen molar-refractivity contribution in [2.75, 3.05) is 27.2 Å². The van der Waals surface area contributed by atoms with E-state index >= 15 is 0 Å². The molecular formula is C18H25ClN4O. The fraction of sp³-hybridized carbons (Fsp3) is 0.556. The molecular weight excluding hydrogens is 324 g/mol. The Hall–Kier alpha value is -1.43. The molecule has 2 aromatic rings. The number of hydrogen-bond acceptors (Lipinski definition) is 5. The van der Waals surface area contributed by atoms with E-state index in [4.69, 9.17) is 9.51 Å². The Bertz CT molecular complexity index is 673. The number of rotatable bonds is 4. The molecule has 2 aliphatic rings. The van der Waals surface area contributed by atoms with Crippen molar-refractivity contribution in [1.29, 1.82) is 0 Å². The molecule has 1 aliphatic heterocycles. The zero-order valence-electron chi connectivity index (χ0n) is 14.3. The third-order valence-electron chi connectivity index (χ3n) is 5.35. The molecule has 2 heterocycles. The average molecular weight is 349 g/mol. The van der Waals surface area contributed by atoms with Crippen LogP contribution in [-0.4, -0.2) is 42.2 Å². The largest absolute Gasteiger partial charge is 0.338 e. The summed E-state index contributed by atoms with van der Waals surface area (Å²) >= 11 is 0. The summed E-state index contributed by atoms with van der Waals surface area (Å²) in [7, 11) is 4.15. The molecule has 130 valence electrons. The number of benzene rings is 1. The van der Waals surface area contributed by atoms with Gasteiger partial charge in [-0.15, -0.1) is 12.4 Å². The quantitative estimate of drug-likeness (QED) is 0.920. The molecule has 0 spiro atoms. The molecule has 2 atom stereocenters. The summed E-state index contributed by atoms with van der Waals surface area (Å²) in [5, 5.41) is 7.76. The highest BCUT2D eigenvalue weighted by atomic mass is 35.5. The van der Waals surface area contributed by atoms with Crippen molar-refractivity contribution in [3.8, 4) is 11.4 Å². The fourth-order valence-electron chi connectivity index (χ4n) is 4.17. The smallest absolute Gasteiger partial charge is 0.234 e. The minimum absolute atomic E-state index is 0. The van der Waals surface area contributed by atoms with Crippen LogP contribution >= 0.6 is 12.4 Å². The Labute approximate surface area is 149 Å². The van der Waals surface area contributed by atoms with E-state index in [0.717, 1.165) is 37.5 Å². The highest BCUT2D eigenvalue weighted by molar-refractivity contribution is 5.85. The molecule has 0 amide bonds. The lowest BCUT2D eigenvalue weighted by molar-refractivity contribution is 0.265. The van der Waals surface area contributed by atoms with Gasteiger partial charge in [-0.2, -0.15) is 4.98 Å². The zero-order valence-corrected chi connectivity index (χ0v) is 15.1. The van der Waals surface area contributed by atoms with Crippen LogP contribution in [0, 0.1) is 5.92 Å². The van der Waals surface area contributed by atoms with Crippen LogP contribution < -0.4 is 5.32 Å².